The topological polar surface area (TPSA) is 29.1 Å². The molecular weight excluding hydrogens is 401 g/mol. The number of rotatable bonds is 4. The highest BCUT2D eigenvalue weighted by Gasteiger charge is 2.13. The van der Waals surface area contributed by atoms with Crippen LogP contribution in [0.4, 0.5) is 4.39 Å². The van der Waals surface area contributed by atoms with Gasteiger partial charge in [-0.05, 0) is 65.2 Å². The van der Waals surface area contributed by atoms with Gasteiger partial charge in [0.25, 0.3) is 5.91 Å². The number of amides is 1. The second-order valence-corrected chi connectivity index (χ2v) is 6.60. The van der Waals surface area contributed by atoms with Crippen LogP contribution >= 0.6 is 31.9 Å². The first-order valence-corrected chi connectivity index (χ1v) is 8.04. The molecule has 1 N–H and O–H groups in total. The van der Waals surface area contributed by atoms with Crippen molar-refractivity contribution in [2.45, 2.75) is 19.4 Å². The molecule has 110 valence electrons. The van der Waals surface area contributed by atoms with E-state index in [-0.39, 0.29) is 17.8 Å². The summed E-state index contributed by atoms with van der Waals surface area (Å²) in [6, 6.07) is 11.7. The number of hydrogen-bond acceptors (Lipinski definition) is 1. The molecular formula is C16H14Br2FNO. The minimum absolute atomic E-state index is 0.0430. The third-order valence-electron chi connectivity index (χ3n) is 3.01. The lowest BCUT2D eigenvalue weighted by Crippen LogP contribution is -2.34. The van der Waals surface area contributed by atoms with Crippen LogP contribution < -0.4 is 5.32 Å². The van der Waals surface area contributed by atoms with E-state index in [1.165, 1.54) is 12.1 Å². The van der Waals surface area contributed by atoms with Crippen LogP contribution in [-0.2, 0) is 6.42 Å². The van der Waals surface area contributed by atoms with Crippen LogP contribution in [0.2, 0.25) is 0 Å². The molecule has 0 heterocycles. The van der Waals surface area contributed by atoms with Crippen molar-refractivity contribution in [2.24, 2.45) is 0 Å². The number of nitrogens with one attached hydrogen (secondary N) is 1. The molecule has 0 saturated heterocycles. The van der Waals surface area contributed by atoms with Gasteiger partial charge in [0.2, 0.25) is 0 Å². The average molecular weight is 415 g/mol. The van der Waals surface area contributed by atoms with Crippen molar-refractivity contribution in [2.75, 3.05) is 0 Å². The third kappa shape index (κ3) is 4.64. The predicted octanol–water partition coefficient (Wildman–Crippen LogP) is 4.71. The van der Waals surface area contributed by atoms with Gasteiger partial charge in [0.15, 0.2) is 0 Å². The summed E-state index contributed by atoms with van der Waals surface area (Å²) in [5.74, 6) is -0.391. The molecule has 0 fully saturated rings. The van der Waals surface area contributed by atoms with Crippen LogP contribution in [-0.4, -0.2) is 11.9 Å². The molecule has 5 heteroatoms. The van der Waals surface area contributed by atoms with Crippen molar-refractivity contribution in [3.8, 4) is 0 Å². The minimum atomic E-state index is -0.255. The summed E-state index contributed by atoms with van der Waals surface area (Å²) in [5, 5.41) is 2.94. The maximum Gasteiger partial charge on any atom is 0.252 e. The Morgan fingerprint density at radius 2 is 1.86 bits per heavy atom. The smallest absolute Gasteiger partial charge is 0.252 e. The van der Waals surface area contributed by atoms with Crippen molar-refractivity contribution in [1.29, 1.82) is 0 Å². The highest BCUT2D eigenvalue weighted by atomic mass is 79.9. The van der Waals surface area contributed by atoms with E-state index in [9.17, 15) is 9.18 Å². The molecule has 1 amide bonds. The molecule has 2 nitrogen and oxygen atoms in total. The summed E-state index contributed by atoms with van der Waals surface area (Å²) in [4.78, 5) is 12.2. The Labute approximate surface area is 140 Å². The molecule has 0 spiro atoms. The van der Waals surface area contributed by atoms with E-state index in [1.807, 2.05) is 19.1 Å². The first kappa shape index (κ1) is 16.2. The fraction of sp³-hybridized carbons (Fsp3) is 0.188. The van der Waals surface area contributed by atoms with Gasteiger partial charge in [-0.3, -0.25) is 4.79 Å². The van der Waals surface area contributed by atoms with Gasteiger partial charge in [-0.1, -0.05) is 28.1 Å². The van der Waals surface area contributed by atoms with Crippen LogP contribution in [0.1, 0.15) is 22.8 Å². The molecule has 1 unspecified atom stereocenters. The third-order valence-corrected chi connectivity index (χ3v) is 4.16. The second-order valence-electron chi connectivity index (χ2n) is 4.83. The number of benzene rings is 2. The fourth-order valence-electron chi connectivity index (χ4n) is 2.00. The second kappa shape index (κ2) is 7.18. The van der Waals surface area contributed by atoms with E-state index in [0.29, 0.717) is 12.0 Å². The van der Waals surface area contributed by atoms with E-state index in [2.05, 4.69) is 37.2 Å². The van der Waals surface area contributed by atoms with Crippen LogP contribution in [0, 0.1) is 5.82 Å². The summed E-state index contributed by atoms with van der Waals surface area (Å²) in [5.41, 5.74) is 1.57. The minimum Gasteiger partial charge on any atom is -0.349 e. The van der Waals surface area contributed by atoms with Gasteiger partial charge in [-0.15, -0.1) is 0 Å². The zero-order chi connectivity index (χ0) is 15.4. The Kier molecular flexibility index (Phi) is 5.53. The molecule has 2 aromatic rings. The number of carbonyl (C=O) groups is 1. The summed E-state index contributed by atoms with van der Waals surface area (Å²) in [6.45, 7) is 1.92. The maximum atomic E-state index is 12.9. The van der Waals surface area contributed by atoms with E-state index in [0.717, 1.165) is 14.5 Å². The van der Waals surface area contributed by atoms with Crippen molar-refractivity contribution >= 4 is 37.8 Å². The molecule has 21 heavy (non-hydrogen) atoms. The van der Waals surface area contributed by atoms with Crippen LogP contribution in [0.15, 0.2) is 51.4 Å². The molecule has 0 aliphatic heterocycles. The monoisotopic (exact) mass is 413 g/mol. The van der Waals surface area contributed by atoms with E-state index >= 15 is 0 Å². The quantitative estimate of drug-likeness (QED) is 0.770. The number of halogens is 3. The molecule has 0 saturated carbocycles. The van der Waals surface area contributed by atoms with Crippen LogP contribution in [0.3, 0.4) is 0 Å². The predicted molar refractivity (Wildman–Crippen MR) is 88.9 cm³/mol. The highest BCUT2D eigenvalue weighted by Crippen LogP contribution is 2.22. The van der Waals surface area contributed by atoms with E-state index < -0.39 is 0 Å². The Bertz CT molecular complexity index is 643. The number of hydrogen-bond donors (Lipinski definition) is 1. The van der Waals surface area contributed by atoms with Gasteiger partial charge in [-0.2, -0.15) is 0 Å². The maximum absolute atomic E-state index is 12.9. The Hall–Kier alpha value is -1.20. The van der Waals surface area contributed by atoms with Crippen LogP contribution in [0.25, 0.3) is 0 Å². The summed E-state index contributed by atoms with van der Waals surface area (Å²) in [6.07, 6.45) is 0.653. The van der Waals surface area contributed by atoms with E-state index in [4.69, 9.17) is 0 Å². The first-order chi connectivity index (χ1) is 9.95. The molecule has 0 aliphatic carbocycles. The van der Waals surface area contributed by atoms with Gasteiger partial charge in [-0.25, -0.2) is 4.39 Å². The van der Waals surface area contributed by atoms with Crippen molar-refractivity contribution in [3.63, 3.8) is 0 Å². The normalized spacial score (nSPS) is 12.0. The van der Waals surface area contributed by atoms with Crippen molar-refractivity contribution in [3.05, 3.63) is 68.4 Å². The Balaban J connectivity index is 2.00. The van der Waals surface area contributed by atoms with Crippen molar-refractivity contribution in [1.82, 2.24) is 5.32 Å². The lowest BCUT2D eigenvalue weighted by molar-refractivity contribution is 0.0939. The average Bonchev–Trinajstić information content (AvgIpc) is 2.41. The van der Waals surface area contributed by atoms with Gasteiger partial charge in [0.1, 0.15) is 5.82 Å². The van der Waals surface area contributed by atoms with Gasteiger partial charge in [0.05, 0.1) is 5.56 Å². The van der Waals surface area contributed by atoms with E-state index in [1.54, 1.807) is 18.2 Å². The zero-order valence-electron chi connectivity index (χ0n) is 11.4. The standard InChI is InChI=1S/C16H14Br2FNO/c1-10(8-11-2-5-13(19)6-3-11)20-16(21)14-7-4-12(17)9-15(14)18/h2-7,9-10H,8H2,1H3,(H,20,21). The summed E-state index contributed by atoms with van der Waals surface area (Å²) < 4.78 is 14.5. The van der Waals surface area contributed by atoms with Gasteiger partial charge >= 0.3 is 0 Å². The molecule has 2 rings (SSSR count). The summed E-state index contributed by atoms with van der Waals surface area (Å²) >= 11 is 6.73. The molecule has 0 radical (unpaired) electrons. The SMILES string of the molecule is CC(Cc1ccc(F)cc1)NC(=O)c1ccc(Br)cc1Br. The van der Waals surface area contributed by atoms with Crippen molar-refractivity contribution < 1.29 is 9.18 Å². The molecule has 1 atom stereocenters. The van der Waals surface area contributed by atoms with Gasteiger partial charge < -0.3 is 5.32 Å². The number of carbonyl (C=O) groups excluding carboxylic acids is 1. The molecule has 0 aliphatic rings. The highest BCUT2D eigenvalue weighted by molar-refractivity contribution is 9.11. The molecule has 0 bridgehead atoms. The molecule has 0 aromatic heterocycles. The zero-order valence-corrected chi connectivity index (χ0v) is 14.5. The Morgan fingerprint density at radius 1 is 1.19 bits per heavy atom. The Morgan fingerprint density at radius 3 is 2.48 bits per heavy atom. The lowest BCUT2D eigenvalue weighted by atomic mass is 10.1. The summed E-state index contributed by atoms with van der Waals surface area (Å²) in [7, 11) is 0. The lowest BCUT2D eigenvalue weighted by Gasteiger charge is -2.15. The van der Waals surface area contributed by atoms with Crippen LogP contribution in [0.5, 0.6) is 0 Å². The molecule has 2 aromatic carbocycles. The van der Waals surface area contributed by atoms with Gasteiger partial charge in [0, 0.05) is 15.0 Å². The first-order valence-electron chi connectivity index (χ1n) is 6.46. The fourth-order valence-corrected chi connectivity index (χ4v) is 3.23. The largest absolute Gasteiger partial charge is 0.349 e.